The van der Waals surface area contributed by atoms with E-state index in [0.717, 1.165) is 16.0 Å². The fourth-order valence-corrected chi connectivity index (χ4v) is 4.53. The molecule has 3 aromatic carbocycles. The number of para-hydroxylation sites is 2. The van der Waals surface area contributed by atoms with E-state index in [0.29, 0.717) is 28.6 Å². The highest BCUT2D eigenvalue weighted by molar-refractivity contribution is 8.04. The maximum absolute atomic E-state index is 13.6. The summed E-state index contributed by atoms with van der Waals surface area (Å²) in [6, 6.07) is 22.7. The molecule has 3 aromatic rings. The van der Waals surface area contributed by atoms with Gasteiger partial charge in [0.1, 0.15) is 16.4 Å². The van der Waals surface area contributed by atoms with E-state index in [2.05, 4.69) is 5.32 Å². The summed E-state index contributed by atoms with van der Waals surface area (Å²) in [6.07, 6.45) is 0. The Kier molecular flexibility index (Phi) is 6.32. The molecule has 0 aromatic heterocycles. The van der Waals surface area contributed by atoms with Gasteiger partial charge in [0.25, 0.3) is 11.8 Å². The summed E-state index contributed by atoms with van der Waals surface area (Å²) < 4.78 is 5.70. The molecule has 0 fully saturated rings. The van der Waals surface area contributed by atoms with Crippen LogP contribution >= 0.6 is 11.8 Å². The Bertz CT molecular complexity index is 1200. The van der Waals surface area contributed by atoms with E-state index in [-0.39, 0.29) is 17.5 Å². The Morgan fingerprint density at radius 1 is 0.906 bits per heavy atom. The predicted octanol–water partition coefficient (Wildman–Crippen LogP) is 5.69. The smallest absolute Gasteiger partial charge is 0.283 e. The molecular formula is C26H24N2O3S. The van der Waals surface area contributed by atoms with Crippen LogP contribution in [0.5, 0.6) is 5.75 Å². The Labute approximate surface area is 192 Å². The zero-order valence-electron chi connectivity index (χ0n) is 18.2. The molecule has 0 spiro atoms. The first kappa shape index (κ1) is 21.7. The Balaban J connectivity index is 1.78. The van der Waals surface area contributed by atoms with Crippen molar-refractivity contribution in [1.29, 1.82) is 0 Å². The van der Waals surface area contributed by atoms with Crippen LogP contribution in [-0.2, 0) is 9.59 Å². The largest absolute Gasteiger partial charge is 0.492 e. The lowest BCUT2D eigenvalue weighted by Crippen LogP contribution is -2.33. The van der Waals surface area contributed by atoms with Crippen molar-refractivity contribution in [1.82, 2.24) is 0 Å². The zero-order chi connectivity index (χ0) is 22.7. The van der Waals surface area contributed by atoms with E-state index >= 15 is 0 Å². The van der Waals surface area contributed by atoms with Crippen LogP contribution in [0.3, 0.4) is 0 Å². The van der Waals surface area contributed by atoms with Crippen LogP contribution in [-0.4, -0.2) is 18.4 Å². The maximum atomic E-state index is 13.6. The summed E-state index contributed by atoms with van der Waals surface area (Å²) in [7, 11) is 0. The van der Waals surface area contributed by atoms with Gasteiger partial charge in [-0.15, -0.1) is 0 Å². The molecule has 0 atom stereocenters. The van der Waals surface area contributed by atoms with Crippen LogP contribution < -0.4 is 15.0 Å². The first-order chi connectivity index (χ1) is 15.5. The highest BCUT2D eigenvalue weighted by Gasteiger charge is 2.41. The van der Waals surface area contributed by atoms with Crippen LogP contribution in [0.25, 0.3) is 0 Å². The molecule has 4 rings (SSSR count). The summed E-state index contributed by atoms with van der Waals surface area (Å²) in [5.41, 5.74) is 3.41. The van der Waals surface area contributed by atoms with Gasteiger partial charge in [-0.05, 0) is 56.7 Å². The summed E-state index contributed by atoms with van der Waals surface area (Å²) in [6.45, 7) is 6.28. The molecule has 6 heteroatoms. The van der Waals surface area contributed by atoms with Crippen LogP contribution in [0, 0.1) is 13.8 Å². The van der Waals surface area contributed by atoms with Crippen molar-refractivity contribution in [2.45, 2.75) is 25.7 Å². The molecule has 32 heavy (non-hydrogen) atoms. The van der Waals surface area contributed by atoms with Gasteiger partial charge in [-0.2, -0.15) is 0 Å². The molecule has 2 amide bonds. The van der Waals surface area contributed by atoms with Gasteiger partial charge in [0, 0.05) is 4.90 Å². The van der Waals surface area contributed by atoms with E-state index in [4.69, 9.17) is 4.74 Å². The first-order valence-corrected chi connectivity index (χ1v) is 11.2. The minimum absolute atomic E-state index is 0.246. The molecule has 0 unspecified atom stereocenters. The van der Waals surface area contributed by atoms with E-state index in [1.54, 1.807) is 0 Å². The number of thioether (sulfide) groups is 1. The van der Waals surface area contributed by atoms with Crippen LogP contribution in [0.4, 0.5) is 11.4 Å². The Morgan fingerprint density at radius 2 is 1.62 bits per heavy atom. The van der Waals surface area contributed by atoms with Crippen molar-refractivity contribution < 1.29 is 14.3 Å². The summed E-state index contributed by atoms with van der Waals surface area (Å²) in [4.78, 5) is 29.6. The molecule has 1 aliphatic rings. The highest BCUT2D eigenvalue weighted by atomic mass is 32.2. The van der Waals surface area contributed by atoms with Crippen molar-refractivity contribution in [2.75, 3.05) is 16.8 Å². The lowest BCUT2D eigenvalue weighted by molar-refractivity contribution is -0.120. The van der Waals surface area contributed by atoms with Crippen molar-refractivity contribution >= 4 is 35.0 Å². The second-order valence-electron chi connectivity index (χ2n) is 7.41. The second kappa shape index (κ2) is 9.32. The Hall–Kier alpha value is -3.51. The van der Waals surface area contributed by atoms with Gasteiger partial charge in [-0.3, -0.25) is 9.59 Å². The normalized spacial score (nSPS) is 13.7. The van der Waals surface area contributed by atoms with Gasteiger partial charge < -0.3 is 10.1 Å². The number of carbonyl (C=O) groups is 2. The molecule has 1 aliphatic heterocycles. The van der Waals surface area contributed by atoms with Gasteiger partial charge >= 0.3 is 0 Å². The van der Waals surface area contributed by atoms with E-state index in [9.17, 15) is 9.59 Å². The number of hydrogen-bond donors (Lipinski definition) is 1. The van der Waals surface area contributed by atoms with Gasteiger partial charge in [0.05, 0.1) is 18.0 Å². The molecule has 1 heterocycles. The van der Waals surface area contributed by atoms with E-state index in [1.807, 2.05) is 93.6 Å². The zero-order valence-corrected chi connectivity index (χ0v) is 19.0. The number of benzene rings is 3. The van der Waals surface area contributed by atoms with Crippen molar-refractivity contribution in [2.24, 2.45) is 0 Å². The quantitative estimate of drug-likeness (QED) is 0.474. The van der Waals surface area contributed by atoms with Crippen LogP contribution in [0.2, 0.25) is 0 Å². The SMILES string of the molecule is CCOc1ccccc1NC1=C(Sc2ccccc2)C(=O)N(c2ccc(C)cc2C)C1=O. The van der Waals surface area contributed by atoms with Gasteiger partial charge in [0.15, 0.2) is 0 Å². The van der Waals surface area contributed by atoms with Gasteiger partial charge in [-0.1, -0.05) is 59.8 Å². The number of hydrogen-bond acceptors (Lipinski definition) is 5. The molecular weight excluding hydrogens is 420 g/mol. The highest BCUT2D eigenvalue weighted by Crippen LogP contribution is 2.39. The summed E-state index contributed by atoms with van der Waals surface area (Å²) in [5.74, 6) is -0.101. The lowest BCUT2D eigenvalue weighted by Gasteiger charge is -2.18. The van der Waals surface area contributed by atoms with Crippen LogP contribution in [0.15, 0.2) is 88.3 Å². The molecule has 0 radical (unpaired) electrons. The van der Waals surface area contributed by atoms with E-state index < -0.39 is 0 Å². The van der Waals surface area contributed by atoms with Crippen LogP contribution in [0.1, 0.15) is 18.1 Å². The monoisotopic (exact) mass is 444 g/mol. The molecule has 5 nitrogen and oxygen atoms in total. The number of nitrogens with zero attached hydrogens (tertiary/aromatic N) is 1. The number of imide groups is 1. The third-order valence-corrected chi connectivity index (χ3v) is 6.13. The number of rotatable bonds is 7. The number of anilines is 2. The topological polar surface area (TPSA) is 58.6 Å². The lowest BCUT2D eigenvalue weighted by atomic mass is 10.1. The summed E-state index contributed by atoms with van der Waals surface area (Å²) >= 11 is 1.28. The number of nitrogens with one attached hydrogen (secondary N) is 1. The average Bonchev–Trinajstić information content (AvgIpc) is 3.00. The third kappa shape index (κ3) is 4.27. The molecule has 0 saturated carbocycles. The van der Waals surface area contributed by atoms with Crippen molar-refractivity contribution in [3.05, 3.63) is 94.5 Å². The number of ether oxygens (including phenoxy) is 1. The molecule has 162 valence electrons. The number of carbonyl (C=O) groups excluding carboxylic acids is 2. The number of amides is 2. The van der Waals surface area contributed by atoms with Gasteiger partial charge in [-0.25, -0.2) is 4.90 Å². The fourth-order valence-electron chi connectivity index (χ4n) is 3.58. The van der Waals surface area contributed by atoms with Crippen molar-refractivity contribution in [3.8, 4) is 5.75 Å². The molecule has 0 bridgehead atoms. The first-order valence-electron chi connectivity index (χ1n) is 10.4. The van der Waals surface area contributed by atoms with Gasteiger partial charge in [0.2, 0.25) is 0 Å². The second-order valence-corrected chi connectivity index (χ2v) is 8.49. The number of aryl methyl sites for hydroxylation is 2. The van der Waals surface area contributed by atoms with Crippen molar-refractivity contribution in [3.63, 3.8) is 0 Å². The molecule has 0 saturated heterocycles. The predicted molar refractivity (Wildman–Crippen MR) is 129 cm³/mol. The average molecular weight is 445 g/mol. The minimum Gasteiger partial charge on any atom is -0.492 e. The molecule has 0 aliphatic carbocycles. The maximum Gasteiger partial charge on any atom is 0.283 e. The third-order valence-electron chi connectivity index (χ3n) is 5.04. The minimum atomic E-state index is -0.383. The van der Waals surface area contributed by atoms with E-state index in [1.165, 1.54) is 16.7 Å². The molecule has 1 N–H and O–H groups in total. The standard InChI is InChI=1S/C26H24N2O3S/c1-4-31-22-13-9-8-12-20(22)27-23-24(32-19-10-6-5-7-11-19)26(30)28(25(23)29)21-15-14-17(2)16-18(21)3/h5-16,27H,4H2,1-3H3. The summed E-state index contributed by atoms with van der Waals surface area (Å²) in [5, 5.41) is 3.20. The Morgan fingerprint density at radius 3 is 2.34 bits per heavy atom. The fraction of sp³-hybridized carbons (Fsp3) is 0.154.